The molecule has 0 spiro atoms. The van der Waals surface area contributed by atoms with Crippen molar-refractivity contribution in [3.05, 3.63) is 47.8 Å². The van der Waals surface area contributed by atoms with Gasteiger partial charge < -0.3 is 10.1 Å². The lowest BCUT2D eigenvalue weighted by atomic mass is 9.70. The lowest BCUT2D eigenvalue weighted by Gasteiger charge is -2.43. The zero-order valence-corrected chi connectivity index (χ0v) is 11.1. The second kappa shape index (κ2) is 4.84. The van der Waals surface area contributed by atoms with Gasteiger partial charge in [0.25, 0.3) is 0 Å². The Morgan fingerprint density at radius 2 is 1.95 bits per heavy atom. The van der Waals surface area contributed by atoms with Crippen LogP contribution in [0.5, 0.6) is 0 Å². The molecule has 7 heteroatoms. The highest BCUT2D eigenvalue weighted by molar-refractivity contribution is 5.20. The predicted molar refractivity (Wildman–Crippen MR) is 68.6 cm³/mol. The summed E-state index contributed by atoms with van der Waals surface area (Å²) >= 11 is 0. The topological polar surface area (TPSA) is 61.8 Å². The molecule has 21 heavy (non-hydrogen) atoms. The molecule has 0 aliphatic heterocycles. The highest BCUT2D eigenvalue weighted by Crippen LogP contribution is 2.52. The minimum Gasteiger partial charge on any atom is -0.380 e. The first-order valence-corrected chi connectivity index (χ1v) is 6.59. The number of rotatable bonds is 3. The summed E-state index contributed by atoms with van der Waals surface area (Å²) in [5.41, 5.74) is -0.766. The molecule has 1 fully saturated rings. The first-order valence-electron chi connectivity index (χ1n) is 6.59. The Morgan fingerprint density at radius 3 is 2.57 bits per heavy atom. The molecule has 3 rings (SSSR count). The van der Waals surface area contributed by atoms with Crippen LogP contribution in [-0.2, 0) is 6.42 Å². The summed E-state index contributed by atoms with van der Waals surface area (Å²) in [5, 5.41) is 9.45. The maximum absolute atomic E-state index is 12.6. The Hall–Kier alpha value is -1.89. The van der Waals surface area contributed by atoms with E-state index in [-0.39, 0.29) is 18.8 Å². The highest BCUT2D eigenvalue weighted by atomic mass is 19.4. The van der Waals surface area contributed by atoms with E-state index in [9.17, 15) is 18.3 Å². The molecule has 2 aromatic heterocycles. The molecule has 0 atom stereocenters. The van der Waals surface area contributed by atoms with Gasteiger partial charge in [0.1, 0.15) is 5.82 Å². The summed E-state index contributed by atoms with van der Waals surface area (Å²) in [4.78, 5) is 11.2. The van der Waals surface area contributed by atoms with Crippen LogP contribution in [0.2, 0.25) is 0 Å². The number of aromatic amines is 1. The number of halogens is 3. The molecule has 1 aliphatic carbocycles. The minimum absolute atomic E-state index is 0.335. The van der Waals surface area contributed by atoms with Crippen molar-refractivity contribution < 1.29 is 18.3 Å². The molecule has 0 unspecified atom stereocenters. The molecular weight excluding hydrogens is 283 g/mol. The molecule has 1 saturated carbocycles. The first kappa shape index (κ1) is 14.1. The molecule has 2 heterocycles. The Morgan fingerprint density at radius 1 is 1.29 bits per heavy atom. The summed E-state index contributed by atoms with van der Waals surface area (Å²) in [6, 6.07) is 3.72. The summed E-state index contributed by atoms with van der Waals surface area (Å²) in [5.74, 6) is 0.135. The van der Waals surface area contributed by atoms with Crippen LogP contribution >= 0.6 is 0 Å². The SMILES string of the molecule is OC1(C(F)(F)F)CC(c2nc(Cc3ccncc3)c[nH]2)C1. The van der Waals surface area contributed by atoms with Crippen molar-refractivity contribution in [2.24, 2.45) is 0 Å². The summed E-state index contributed by atoms with van der Waals surface area (Å²) in [6.07, 6.45) is 0.403. The Bertz CT molecular complexity index is 618. The van der Waals surface area contributed by atoms with E-state index >= 15 is 0 Å². The quantitative estimate of drug-likeness (QED) is 0.915. The Labute approximate surface area is 119 Å². The zero-order chi connectivity index (χ0) is 15.1. The van der Waals surface area contributed by atoms with E-state index in [1.807, 2.05) is 12.1 Å². The molecule has 2 N–H and O–H groups in total. The van der Waals surface area contributed by atoms with E-state index in [1.54, 1.807) is 18.6 Å². The van der Waals surface area contributed by atoms with Gasteiger partial charge in [0.15, 0.2) is 5.60 Å². The molecule has 0 saturated heterocycles. The van der Waals surface area contributed by atoms with E-state index in [0.29, 0.717) is 12.2 Å². The maximum atomic E-state index is 12.6. The molecule has 1 aliphatic rings. The predicted octanol–water partition coefficient (Wildman–Crippen LogP) is 2.57. The Balaban J connectivity index is 1.65. The van der Waals surface area contributed by atoms with Crippen molar-refractivity contribution in [1.29, 1.82) is 0 Å². The van der Waals surface area contributed by atoms with Crippen LogP contribution in [0.4, 0.5) is 13.2 Å². The fourth-order valence-corrected chi connectivity index (χ4v) is 2.57. The van der Waals surface area contributed by atoms with E-state index < -0.39 is 11.8 Å². The van der Waals surface area contributed by atoms with Gasteiger partial charge >= 0.3 is 6.18 Å². The molecular formula is C14H14F3N3O. The Kier molecular flexibility index (Phi) is 3.24. The fraction of sp³-hybridized carbons (Fsp3) is 0.429. The van der Waals surface area contributed by atoms with Gasteiger partial charge in [0.2, 0.25) is 0 Å². The normalized spacial score (nSPS) is 25.6. The number of aromatic nitrogens is 3. The van der Waals surface area contributed by atoms with Gasteiger partial charge in [-0.2, -0.15) is 13.2 Å². The van der Waals surface area contributed by atoms with Gasteiger partial charge in [-0.15, -0.1) is 0 Å². The third-order valence-corrected chi connectivity index (χ3v) is 3.87. The zero-order valence-electron chi connectivity index (χ0n) is 11.1. The number of alkyl halides is 3. The molecule has 0 bridgehead atoms. The lowest BCUT2D eigenvalue weighted by Crippen LogP contribution is -2.54. The van der Waals surface area contributed by atoms with Crippen LogP contribution in [0, 0.1) is 0 Å². The molecule has 112 valence electrons. The van der Waals surface area contributed by atoms with Crippen LogP contribution < -0.4 is 0 Å². The number of aliphatic hydroxyl groups is 1. The van der Waals surface area contributed by atoms with Crippen LogP contribution in [-0.4, -0.2) is 31.8 Å². The van der Waals surface area contributed by atoms with Gasteiger partial charge in [0.05, 0.1) is 5.69 Å². The van der Waals surface area contributed by atoms with E-state index in [4.69, 9.17) is 0 Å². The monoisotopic (exact) mass is 297 g/mol. The van der Waals surface area contributed by atoms with E-state index in [0.717, 1.165) is 11.3 Å². The largest absolute Gasteiger partial charge is 0.417 e. The second-order valence-electron chi connectivity index (χ2n) is 5.44. The smallest absolute Gasteiger partial charge is 0.380 e. The van der Waals surface area contributed by atoms with Crippen molar-refractivity contribution >= 4 is 0 Å². The molecule has 2 aromatic rings. The molecule has 0 aromatic carbocycles. The molecule has 4 nitrogen and oxygen atoms in total. The van der Waals surface area contributed by atoms with Crippen LogP contribution in [0.25, 0.3) is 0 Å². The van der Waals surface area contributed by atoms with Gasteiger partial charge in [-0.25, -0.2) is 4.98 Å². The average Bonchev–Trinajstić information content (AvgIpc) is 2.83. The van der Waals surface area contributed by atoms with Gasteiger partial charge in [-0.05, 0) is 30.5 Å². The number of nitrogens with one attached hydrogen (secondary N) is 1. The van der Waals surface area contributed by atoms with Gasteiger partial charge in [0, 0.05) is 30.9 Å². The molecule has 0 radical (unpaired) electrons. The average molecular weight is 297 g/mol. The standard InChI is InChI=1S/C14H14F3N3O/c15-14(16,17)13(21)6-10(7-13)12-19-8-11(20-12)5-9-1-3-18-4-2-9/h1-4,8,10,21H,5-7H2,(H,19,20). The van der Waals surface area contributed by atoms with Gasteiger partial charge in [-0.1, -0.05) is 0 Å². The van der Waals surface area contributed by atoms with Crippen LogP contribution in [0.1, 0.15) is 35.8 Å². The first-order chi connectivity index (χ1) is 9.87. The van der Waals surface area contributed by atoms with Crippen molar-refractivity contribution in [2.45, 2.75) is 37.0 Å². The van der Waals surface area contributed by atoms with Crippen LogP contribution in [0.3, 0.4) is 0 Å². The van der Waals surface area contributed by atoms with E-state index in [1.165, 1.54) is 0 Å². The highest BCUT2D eigenvalue weighted by Gasteiger charge is 2.61. The number of nitrogens with zero attached hydrogens (tertiary/aromatic N) is 2. The lowest BCUT2D eigenvalue weighted by molar-refractivity contribution is -0.291. The third-order valence-electron chi connectivity index (χ3n) is 3.87. The van der Waals surface area contributed by atoms with Crippen molar-refractivity contribution in [1.82, 2.24) is 15.0 Å². The fourth-order valence-electron chi connectivity index (χ4n) is 2.57. The van der Waals surface area contributed by atoms with Crippen LogP contribution in [0.15, 0.2) is 30.7 Å². The van der Waals surface area contributed by atoms with E-state index in [2.05, 4.69) is 15.0 Å². The number of hydrogen-bond acceptors (Lipinski definition) is 3. The van der Waals surface area contributed by atoms with Gasteiger partial charge in [-0.3, -0.25) is 4.98 Å². The summed E-state index contributed by atoms with van der Waals surface area (Å²) in [7, 11) is 0. The number of imidazole rings is 1. The van der Waals surface area contributed by atoms with Crippen molar-refractivity contribution in [3.8, 4) is 0 Å². The maximum Gasteiger partial charge on any atom is 0.417 e. The number of hydrogen-bond donors (Lipinski definition) is 2. The van der Waals surface area contributed by atoms with Crippen molar-refractivity contribution in [3.63, 3.8) is 0 Å². The summed E-state index contributed by atoms with van der Waals surface area (Å²) in [6.45, 7) is 0. The summed E-state index contributed by atoms with van der Waals surface area (Å²) < 4.78 is 37.7. The number of H-pyrrole nitrogens is 1. The second-order valence-corrected chi connectivity index (χ2v) is 5.44. The third kappa shape index (κ3) is 2.65. The van der Waals surface area contributed by atoms with Crippen molar-refractivity contribution in [2.75, 3.05) is 0 Å². The minimum atomic E-state index is -4.57. The molecule has 0 amide bonds. The number of pyridine rings is 1.